The van der Waals surface area contributed by atoms with Gasteiger partial charge in [-0.1, -0.05) is 13.8 Å². The predicted molar refractivity (Wildman–Crippen MR) is 79.6 cm³/mol. The fourth-order valence-corrected chi connectivity index (χ4v) is 3.55. The molecule has 0 bridgehead atoms. The molecule has 24 heavy (non-hydrogen) atoms. The van der Waals surface area contributed by atoms with Crippen molar-refractivity contribution >= 4 is 15.8 Å². The topological polar surface area (TPSA) is 72.5 Å². The van der Waals surface area contributed by atoms with Crippen LogP contribution >= 0.6 is 0 Å². The van der Waals surface area contributed by atoms with E-state index in [2.05, 4.69) is 9.46 Å². The molecule has 0 radical (unpaired) electrons. The Bertz CT molecular complexity index is 765. The molecule has 5 nitrogen and oxygen atoms in total. The second kappa shape index (κ2) is 6.12. The molecule has 2 rings (SSSR count). The number of carbonyl (C=O) groups is 1. The summed E-state index contributed by atoms with van der Waals surface area (Å²) in [6, 6.07) is 3.82. The van der Waals surface area contributed by atoms with Crippen molar-refractivity contribution in [1.29, 1.82) is 0 Å². The highest BCUT2D eigenvalue weighted by Crippen LogP contribution is 2.33. The number of ether oxygens (including phenoxy) is 1. The zero-order valence-corrected chi connectivity index (χ0v) is 13.8. The average molecular weight is 363 g/mol. The van der Waals surface area contributed by atoms with Gasteiger partial charge in [-0.2, -0.15) is 0 Å². The van der Waals surface area contributed by atoms with E-state index in [1.54, 1.807) is 0 Å². The Balaban J connectivity index is 2.17. The lowest BCUT2D eigenvalue weighted by Gasteiger charge is -2.29. The van der Waals surface area contributed by atoms with Gasteiger partial charge in [-0.15, -0.1) is 13.2 Å². The summed E-state index contributed by atoms with van der Waals surface area (Å²) in [7, 11) is -4.00. The van der Waals surface area contributed by atoms with E-state index < -0.39 is 22.1 Å². The van der Waals surface area contributed by atoms with Gasteiger partial charge >= 0.3 is 6.36 Å². The Hall–Kier alpha value is -2.03. The van der Waals surface area contributed by atoms with Gasteiger partial charge in [0.25, 0.3) is 10.0 Å². The second-order valence-corrected chi connectivity index (χ2v) is 7.96. The average Bonchev–Trinajstić information content (AvgIpc) is 2.33. The molecule has 0 amide bonds. The first kappa shape index (κ1) is 18.3. The number of halogens is 3. The largest absolute Gasteiger partial charge is 0.573 e. The molecule has 0 fully saturated rings. The molecule has 0 saturated carbocycles. The molecule has 0 saturated heterocycles. The van der Waals surface area contributed by atoms with Crippen LogP contribution in [0, 0.1) is 5.41 Å². The van der Waals surface area contributed by atoms with Crippen molar-refractivity contribution in [3.8, 4) is 5.75 Å². The first-order valence-corrected chi connectivity index (χ1v) is 8.47. The van der Waals surface area contributed by atoms with E-state index >= 15 is 0 Å². The summed E-state index contributed by atoms with van der Waals surface area (Å²) in [6.07, 6.45) is -2.92. The van der Waals surface area contributed by atoms with Gasteiger partial charge in [0, 0.05) is 18.2 Å². The minimum absolute atomic E-state index is 0.183. The number of benzene rings is 1. The third kappa shape index (κ3) is 4.98. The molecular weight excluding hydrogens is 347 g/mol. The number of sulfonamides is 1. The second-order valence-electron chi connectivity index (χ2n) is 6.28. The number of nitrogens with one attached hydrogen (secondary N) is 1. The van der Waals surface area contributed by atoms with Gasteiger partial charge in [0.1, 0.15) is 5.75 Å². The highest BCUT2D eigenvalue weighted by atomic mass is 32.2. The number of rotatable bonds is 4. The molecule has 1 aromatic rings. The van der Waals surface area contributed by atoms with Gasteiger partial charge < -0.3 is 4.74 Å². The van der Waals surface area contributed by atoms with Crippen molar-refractivity contribution in [2.24, 2.45) is 5.41 Å². The van der Waals surface area contributed by atoms with Crippen molar-refractivity contribution in [3.05, 3.63) is 36.0 Å². The van der Waals surface area contributed by atoms with Crippen molar-refractivity contribution in [2.75, 3.05) is 0 Å². The molecule has 1 N–H and O–H groups in total. The number of alkyl halides is 3. The quantitative estimate of drug-likeness (QED) is 0.892. The fraction of sp³-hybridized carbons (Fsp3) is 0.400. The summed E-state index contributed by atoms with van der Waals surface area (Å²) < 4.78 is 66.9. The van der Waals surface area contributed by atoms with Crippen LogP contribution in [0.15, 0.2) is 40.9 Å². The predicted octanol–water partition coefficient (Wildman–Crippen LogP) is 3.14. The monoisotopic (exact) mass is 363 g/mol. The molecule has 9 heteroatoms. The van der Waals surface area contributed by atoms with Crippen molar-refractivity contribution < 1.29 is 31.1 Å². The van der Waals surface area contributed by atoms with E-state index in [0.717, 1.165) is 24.3 Å². The Kier molecular flexibility index (Phi) is 4.67. The lowest BCUT2D eigenvalue weighted by molar-refractivity contribution is -0.274. The van der Waals surface area contributed by atoms with Crippen LogP contribution in [0.3, 0.4) is 0 Å². The van der Waals surface area contributed by atoms with E-state index in [1.165, 1.54) is 6.08 Å². The molecule has 0 atom stereocenters. The Morgan fingerprint density at radius 1 is 1.12 bits per heavy atom. The van der Waals surface area contributed by atoms with E-state index in [9.17, 15) is 26.4 Å². The van der Waals surface area contributed by atoms with Crippen LogP contribution in [-0.2, 0) is 14.8 Å². The van der Waals surface area contributed by atoms with Crippen molar-refractivity contribution in [2.45, 2.75) is 37.9 Å². The summed E-state index contributed by atoms with van der Waals surface area (Å²) in [5, 5.41) is 0. The van der Waals surface area contributed by atoms with Gasteiger partial charge in [-0.3, -0.25) is 9.52 Å². The lowest BCUT2D eigenvalue weighted by atomic mass is 9.79. The smallest absolute Gasteiger partial charge is 0.406 e. The molecule has 132 valence electrons. The summed E-state index contributed by atoms with van der Waals surface area (Å²) in [5.41, 5.74) is -0.111. The van der Waals surface area contributed by atoms with Crippen LogP contribution in [0.25, 0.3) is 0 Å². The number of carbonyl (C=O) groups excluding carboxylic acids is 1. The zero-order chi connectivity index (χ0) is 18.2. The highest BCUT2D eigenvalue weighted by molar-refractivity contribution is 7.89. The van der Waals surface area contributed by atoms with Gasteiger partial charge in [-0.05, 0) is 36.1 Å². The van der Waals surface area contributed by atoms with Crippen LogP contribution in [0.2, 0.25) is 0 Å². The summed E-state index contributed by atoms with van der Waals surface area (Å²) in [5.74, 6) is -0.701. The number of ketones is 1. The Morgan fingerprint density at radius 3 is 2.21 bits per heavy atom. The number of hydrogen-bond donors (Lipinski definition) is 1. The summed E-state index contributed by atoms with van der Waals surface area (Å²) >= 11 is 0. The maximum atomic E-state index is 12.3. The first-order valence-electron chi connectivity index (χ1n) is 6.98. The van der Waals surface area contributed by atoms with Gasteiger partial charge in [0.05, 0.1) is 4.90 Å². The molecule has 1 aromatic carbocycles. The highest BCUT2D eigenvalue weighted by Gasteiger charge is 2.32. The number of allylic oxidation sites excluding steroid dienone is 2. The Labute approximate surface area is 137 Å². The summed E-state index contributed by atoms with van der Waals surface area (Å²) in [6.45, 7) is 3.69. The molecule has 0 aliphatic heterocycles. The van der Waals surface area contributed by atoms with E-state index in [4.69, 9.17) is 0 Å². The third-order valence-electron chi connectivity index (χ3n) is 3.29. The van der Waals surface area contributed by atoms with Crippen molar-refractivity contribution in [3.63, 3.8) is 0 Å². The molecule has 0 aromatic heterocycles. The van der Waals surface area contributed by atoms with E-state index in [0.29, 0.717) is 12.8 Å². The molecule has 0 unspecified atom stereocenters. The van der Waals surface area contributed by atoms with Crippen LogP contribution in [0.4, 0.5) is 13.2 Å². The molecule has 0 heterocycles. The first-order chi connectivity index (χ1) is 10.9. The van der Waals surface area contributed by atoms with Crippen LogP contribution in [0.1, 0.15) is 26.7 Å². The Morgan fingerprint density at radius 2 is 1.71 bits per heavy atom. The normalized spacial score (nSPS) is 18.0. The van der Waals surface area contributed by atoms with Crippen molar-refractivity contribution in [1.82, 2.24) is 4.72 Å². The summed E-state index contributed by atoms with van der Waals surface area (Å²) in [4.78, 5) is 11.4. The molecule has 0 spiro atoms. The molecule has 1 aliphatic carbocycles. The van der Waals surface area contributed by atoms with Crippen LogP contribution in [-0.4, -0.2) is 20.6 Å². The maximum Gasteiger partial charge on any atom is 0.573 e. The molecular formula is C15H16F3NO4S. The lowest BCUT2D eigenvalue weighted by Crippen LogP contribution is -2.31. The van der Waals surface area contributed by atoms with E-state index in [1.807, 2.05) is 13.8 Å². The van der Waals surface area contributed by atoms with Gasteiger partial charge in [0.15, 0.2) is 5.78 Å². The fourth-order valence-electron chi connectivity index (χ4n) is 2.46. The SMILES string of the molecule is CC1(C)CC(=O)C=C(NS(=O)(=O)c2ccc(OC(F)(F)F)cc2)C1. The molecule has 1 aliphatic rings. The van der Waals surface area contributed by atoms with E-state index in [-0.39, 0.29) is 21.8 Å². The zero-order valence-electron chi connectivity index (χ0n) is 13.0. The third-order valence-corrected chi connectivity index (χ3v) is 4.71. The van der Waals surface area contributed by atoms with Crippen LogP contribution < -0.4 is 9.46 Å². The standard InChI is InChI=1S/C15H16F3NO4S/c1-14(2)8-10(7-11(20)9-14)19-24(21,22)13-5-3-12(4-6-13)23-15(16,17)18/h3-7,19H,8-9H2,1-2H3. The van der Waals surface area contributed by atoms with Gasteiger partial charge in [0.2, 0.25) is 0 Å². The maximum absolute atomic E-state index is 12.3. The van der Waals surface area contributed by atoms with Crippen LogP contribution in [0.5, 0.6) is 5.75 Å². The minimum atomic E-state index is -4.85. The number of hydrogen-bond acceptors (Lipinski definition) is 4. The van der Waals surface area contributed by atoms with Gasteiger partial charge in [-0.25, -0.2) is 8.42 Å². The minimum Gasteiger partial charge on any atom is -0.406 e.